The van der Waals surface area contributed by atoms with E-state index in [2.05, 4.69) is 6.92 Å². The minimum atomic E-state index is -0.639. The van der Waals surface area contributed by atoms with Crippen molar-refractivity contribution < 1.29 is 23.8 Å². The molecule has 0 saturated carbocycles. The van der Waals surface area contributed by atoms with Crippen LogP contribution in [0.2, 0.25) is 0 Å². The number of rotatable bonds is 13. The van der Waals surface area contributed by atoms with Gasteiger partial charge < -0.3 is 14.2 Å². The first-order valence-corrected chi connectivity index (χ1v) is 9.00. The van der Waals surface area contributed by atoms with E-state index in [-0.39, 0.29) is 18.5 Å². The highest BCUT2D eigenvalue weighted by Crippen LogP contribution is 2.13. The zero-order valence-corrected chi connectivity index (χ0v) is 16.0. The number of esters is 1. The third-order valence-corrected chi connectivity index (χ3v) is 3.83. The zero-order valence-electron chi connectivity index (χ0n) is 16.0. The maximum Gasteiger partial charge on any atom is 0.410 e. The van der Waals surface area contributed by atoms with Crippen molar-refractivity contribution in [1.82, 2.24) is 4.90 Å². The Hall–Kier alpha value is -1.30. The van der Waals surface area contributed by atoms with Gasteiger partial charge in [0.25, 0.3) is 0 Å². The molecule has 0 aromatic rings. The topological polar surface area (TPSA) is 65.1 Å². The number of amides is 1. The highest BCUT2D eigenvalue weighted by atomic mass is 16.6. The first-order chi connectivity index (χ1) is 11.5. The van der Waals surface area contributed by atoms with Gasteiger partial charge in [0, 0.05) is 14.2 Å². The van der Waals surface area contributed by atoms with Crippen LogP contribution in [-0.2, 0) is 19.0 Å². The normalized spacial score (nSPS) is 12.1. The summed E-state index contributed by atoms with van der Waals surface area (Å²) in [5, 5.41) is 0. The maximum absolute atomic E-state index is 12.3. The minimum absolute atomic E-state index is 0.0537. The molecular weight excluding hydrogens is 310 g/mol. The van der Waals surface area contributed by atoms with E-state index in [9.17, 15) is 9.59 Å². The van der Waals surface area contributed by atoms with Crippen LogP contribution in [0.15, 0.2) is 0 Å². The number of methoxy groups -OCH3 is 1. The molecule has 0 fully saturated rings. The van der Waals surface area contributed by atoms with Crippen LogP contribution in [0.1, 0.15) is 59.3 Å². The van der Waals surface area contributed by atoms with Crippen molar-refractivity contribution in [3.05, 3.63) is 0 Å². The number of likely N-dealkylation sites (N-methyl/N-ethyl adjacent to an activating group) is 1. The summed E-state index contributed by atoms with van der Waals surface area (Å²) in [5.41, 5.74) is 0. The van der Waals surface area contributed by atoms with Crippen LogP contribution in [0.4, 0.5) is 4.79 Å². The Bertz CT molecular complexity index is 346. The quantitative estimate of drug-likeness (QED) is 0.377. The number of carbonyl (C=O) groups is 2. The fourth-order valence-electron chi connectivity index (χ4n) is 2.45. The molecule has 0 aliphatic heterocycles. The molecule has 0 aliphatic rings. The summed E-state index contributed by atoms with van der Waals surface area (Å²) in [4.78, 5) is 25.6. The van der Waals surface area contributed by atoms with E-state index in [0.29, 0.717) is 13.2 Å². The van der Waals surface area contributed by atoms with E-state index in [4.69, 9.17) is 14.2 Å². The van der Waals surface area contributed by atoms with Crippen LogP contribution >= 0.6 is 0 Å². The molecular formula is C18H35NO5. The van der Waals surface area contributed by atoms with Gasteiger partial charge in [-0.05, 0) is 12.3 Å². The Labute approximate surface area is 146 Å². The fourth-order valence-corrected chi connectivity index (χ4v) is 2.45. The first-order valence-electron chi connectivity index (χ1n) is 9.00. The number of nitrogens with zero attached hydrogens (tertiary/aromatic N) is 1. The lowest BCUT2D eigenvalue weighted by Gasteiger charge is -2.28. The molecule has 6 nitrogen and oxygen atoms in total. The molecule has 6 heteroatoms. The Morgan fingerprint density at radius 3 is 2.12 bits per heavy atom. The third-order valence-electron chi connectivity index (χ3n) is 3.83. The summed E-state index contributed by atoms with van der Waals surface area (Å²) in [6, 6.07) is -0.639. The first kappa shape index (κ1) is 22.7. The molecule has 142 valence electrons. The predicted molar refractivity (Wildman–Crippen MR) is 93.9 cm³/mol. The minimum Gasteiger partial charge on any atom is -0.464 e. The van der Waals surface area contributed by atoms with E-state index in [1.54, 1.807) is 7.05 Å². The van der Waals surface area contributed by atoms with Crippen LogP contribution in [0.3, 0.4) is 0 Å². The SMILES string of the molecule is CCCCCCCCOC(=O)C(C(C)C)N(C)C(=O)OCCOC. The van der Waals surface area contributed by atoms with Gasteiger partial charge in [-0.15, -0.1) is 0 Å². The van der Waals surface area contributed by atoms with Gasteiger partial charge in [0.15, 0.2) is 0 Å². The van der Waals surface area contributed by atoms with Crippen LogP contribution in [-0.4, -0.2) is 57.0 Å². The van der Waals surface area contributed by atoms with Gasteiger partial charge in [0.2, 0.25) is 0 Å². The average Bonchev–Trinajstić information content (AvgIpc) is 2.53. The van der Waals surface area contributed by atoms with E-state index in [0.717, 1.165) is 12.8 Å². The summed E-state index contributed by atoms with van der Waals surface area (Å²) < 4.78 is 15.3. The number of unbranched alkanes of at least 4 members (excludes halogenated alkanes) is 5. The lowest BCUT2D eigenvalue weighted by atomic mass is 10.0. The molecule has 0 rings (SSSR count). The second-order valence-corrected chi connectivity index (χ2v) is 6.34. The molecule has 0 aromatic heterocycles. The van der Waals surface area contributed by atoms with Gasteiger partial charge in [-0.25, -0.2) is 9.59 Å². The second kappa shape index (κ2) is 14.1. The average molecular weight is 345 g/mol. The van der Waals surface area contributed by atoms with E-state index in [1.165, 1.54) is 37.7 Å². The number of hydrogen-bond acceptors (Lipinski definition) is 5. The number of carbonyl (C=O) groups excluding carboxylic acids is 2. The van der Waals surface area contributed by atoms with Gasteiger partial charge in [-0.1, -0.05) is 52.9 Å². The predicted octanol–water partition coefficient (Wildman–Crippen LogP) is 3.63. The molecule has 0 heterocycles. The zero-order chi connectivity index (χ0) is 18.4. The van der Waals surface area contributed by atoms with Crippen LogP contribution < -0.4 is 0 Å². The highest BCUT2D eigenvalue weighted by molar-refractivity contribution is 5.81. The summed E-state index contributed by atoms with van der Waals surface area (Å²) in [6.07, 6.45) is 6.27. The third kappa shape index (κ3) is 9.75. The van der Waals surface area contributed by atoms with Crippen LogP contribution in [0.25, 0.3) is 0 Å². The van der Waals surface area contributed by atoms with E-state index < -0.39 is 12.1 Å². The second-order valence-electron chi connectivity index (χ2n) is 6.34. The molecule has 0 spiro atoms. The maximum atomic E-state index is 12.3. The smallest absolute Gasteiger partial charge is 0.410 e. The molecule has 1 unspecified atom stereocenters. The van der Waals surface area contributed by atoms with Gasteiger partial charge in [-0.3, -0.25) is 4.90 Å². The van der Waals surface area contributed by atoms with Crippen LogP contribution in [0.5, 0.6) is 0 Å². The van der Waals surface area contributed by atoms with Gasteiger partial charge in [0.05, 0.1) is 13.2 Å². The van der Waals surface area contributed by atoms with Crippen molar-refractivity contribution in [2.75, 3.05) is 34.0 Å². The Kier molecular flexibility index (Phi) is 13.3. The molecule has 1 amide bonds. The largest absolute Gasteiger partial charge is 0.464 e. The monoisotopic (exact) mass is 345 g/mol. The van der Waals surface area contributed by atoms with Crippen molar-refractivity contribution in [3.63, 3.8) is 0 Å². The number of ether oxygens (including phenoxy) is 3. The highest BCUT2D eigenvalue weighted by Gasteiger charge is 2.32. The van der Waals surface area contributed by atoms with Crippen molar-refractivity contribution in [2.45, 2.75) is 65.3 Å². The molecule has 0 aromatic carbocycles. The Morgan fingerprint density at radius 1 is 0.917 bits per heavy atom. The molecule has 0 radical (unpaired) electrons. The van der Waals surface area contributed by atoms with E-state index >= 15 is 0 Å². The van der Waals surface area contributed by atoms with Crippen molar-refractivity contribution in [3.8, 4) is 0 Å². The standard InChI is InChI=1S/C18H35NO5/c1-6-7-8-9-10-11-12-23-17(20)16(15(2)3)19(4)18(21)24-14-13-22-5/h15-16H,6-14H2,1-5H3. The molecule has 0 N–H and O–H groups in total. The van der Waals surface area contributed by atoms with Crippen molar-refractivity contribution in [2.24, 2.45) is 5.92 Å². The molecule has 0 aliphatic carbocycles. The lowest BCUT2D eigenvalue weighted by molar-refractivity contribution is -0.150. The Morgan fingerprint density at radius 2 is 1.54 bits per heavy atom. The summed E-state index contributed by atoms with van der Waals surface area (Å²) >= 11 is 0. The van der Waals surface area contributed by atoms with E-state index in [1.807, 2.05) is 13.8 Å². The summed E-state index contributed by atoms with van der Waals surface area (Å²) in [7, 11) is 3.10. The van der Waals surface area contributed by atoms with Crippen LogP contribution in [0, 0.1) is 5.92 Å². The molecule has 0 saturated heterocycles. The molecule has 1 atom stereocenters. The summed E-state index contributed by atoms with van der Waals surface area (Å²) in [6.45, 7) is 6.85. The van der Waals surface area contributed by atoms with Gasteiger partial charge in [-0.2, -0.15) is 0 Å². The number of hydrogen-bond donors (Lipinski definition) is 0. The molecule has 24 heavy (non-hydrogen) atoms. The van der Waals surface area contributed by atoms with Crippen molar-refractivity contribution >= 4 is 12.1 Å². The summed E-state index contributed by atoms with van der Waals surface area (Å²) in [5.74, 6) is -0.424. The van der Waals surface area contributed by atoms with Gasteiger partial charge >= 0.3 is 12.1 Å². The Balaban J connectivity index is 4.23. The fraction of sp³-hybridized carbons (Fsp3) is 0.889. The molecule has 0 bridgehead atoms. The van der Waals surface area contributed by atoms with Crippen molar-refractivity contribution in [1.29, 1.82) is 0 Å². The van der Waals surface area contributed by atoms with Gasteiger partial charge in [0.1, 0.15) is 12.6 Å². The lowest BCUT2D eigenvalue weighted by Crippen LogP contribution is -2.47.